The summed E-state index contributed by atoms with van der Waals surface area (Å²) in [6.45, 7) is 6.53. The number of nitrogens with two attached hydrogens (primary N) is 2. The van der Waals surface area contributed by atoms with Crippen molar-refractivity contribution in [1.82, 2.24) is 42.5 Å². The number of carboxylic acid groups (broad SMARTS) is 1. The summed E-state index contributed by atoms with van der Waals surface area (Å²) < 4.78 is 0. The molecule has 0 aliphatic heterocycles. The van der Waals surface area contributed by atoms with Crippen LogP contribution >= 0.6 is 0 Å². The summed E-state index contributed by atoms with van der Waals surface area (Å²) in [5.41, 5.74) is 11.7. The number of benzene rings is 1. The molecule has 0 spiro atoms. The van der Waals surface area contributed by atoms with E-state index in [9.17, 15) is 73.5 Å². The van der Waals surface area contributed by atoms with Crippen LogP contribution in [0.3, 0.4) is 0 Å². The molecule has 0 aliphatic carbocycles. The van der Waals surface area contributed by atoms with E-state index in [2.05, 4.69) is 42.5 Å². The molecule has 0 bridgehead atoms. The normalized spacial score (nSPS) is 14.8. The van der Waals surface area contributed by atoms with Gasteiger partial charge in [-0.05, 0) is 54.7 Å². The van der Waals surface area contributed by atoms with Crippen molar-refractivity contribution in [3.8, 4) is 5.75 Å². The highest BCUT2D eigenvalue weighted by atomic mass is 16.4. The number of aliphatic hydroxyl groups excluding tert-OH is 3. The lowest BCUT2D eigenvalue weighted by molar-refractivity contribution is -0.143. The maximum Gasteiger partial charge on any atom is 0.328 e. The van der Waals surface area contributed by atoms with Gasteiger partial charge < -0.3 is 79.5 Å². The Bertz CT molecular complexity index is 1860. The number of phenols is 1. The Kier molecular flexibility index (Phi) is 25.6. The molecule has 17 N–H and O–H groups in total. The van der Waals surface area contributed by atoms with Gasteiger partial charge in [-0.15, -0.1) is 0 Å². The van der Waals surface area contributed by atoms with Crippen LogP contribution in [0.15, 0.2) is 24.3 Å². The molecular weight excluding hydrogens is 885 g/mol. The van der Waals surface area contributed by atoms with Crippen LogP contribution < -0.4 is 54.0 Å². The van der Waals surface area contributed by atoms with E-state index in [4.69, 9.17) is 11.5 Å². The van der Waals surface area contributed by atoms with Crippen molar-refractivity contribution in [3.63, 3.8) is 0 Å². The van der Waals surface area contributed by atoms with E-state index >= 15 is 0 Å². The molecule has 0 fully saturated rings. The first-order valence-corrected chi connectivity index (χ1v) is 21.6. The Morgan fingerprint density at radius 3 is 1.40 bits per heavy atom. The molecule has 0 aliphatic rings. The highest BCUT2D eigenvalue weighted by molar-refractivity contribution is 5.97. The number of rotatable bonds is 30. The Hall–Kier alpha value is -6.44. The number of carbonyl (C=O) groups is 10. The molecule has 67 heavy (non-hydrogen) atoms. The first-order chi connectivity index (χ1) is 31.3. The van der Waals surface area contributed by atoms with Gasteiger partial charge in [-0.3, -0.25) is 43.2 Å². The van der Waals surface area contributed by atoms with Crippen LogP contribution in [-0.4, -0.2) is 159 Å². The fourth-order valence-electron chi connectivity index (χ4n) is 6.08. The molecule has 0 saturated carbocycles. The largest absolute Gasteiger partial charge is 0.508 e. The van der Waals surface area contributed by atoms with E-state index in [1.807, 2.05) is 0 Å². The standard InChI is InChI=1S/C42H68N10O15/c1-20(2)13-26(37(61)48-28(15-23-7-9-24(56)10-8-23)39(63)52-31(19-55)42(66)67)46-33(58)16-45-35(59)29(17-53)50-40(64)30(18-54)51-36(60)25(11-12-32(43)57)47-38(62)27(14-21(3)4)49-41(65)34(44)22(5)6/h7-10,20-22,25-31,34,53-56H,11-19,44H2,1-6H3,(H2,43,57)(H,45,59)(H,46,58)(H,47,62)(H,48,61)(H,49,65)(H,50,64)(H,51,60)(H,52,63)(H,66,67)/t25-,26-,27-,28-,29-,30-,31-,34-/m0/s1. The maximum absolute atomic E-state index is 13.6. The molecule has 0 saturated heterocycles. The average molecular weight is 953 g/mol. The second-order valence-corrected chi connectivity index (χ2v) is 17.0. The van der Waals surface area contributed by atoms with E-state index in [1.54, 1.807) is 41.5 Å². The Labute approximate surface area is 387 Å². The summed E-state index contributed by atoms with van der Waals surface area (Å²) in [4.78, 5) is 129. The Morgan fingerprint density at radius 1 is 0.537 bits per heavy atom. The topological polar surface area (TPSA) is 420 Å². The summed E-state index contributed by atoms with van der Waals surface area (Å²) in [5, 5.41) is 67.0. The number of aliphatic hydroxyl groups is 3. The van der Waals surface area contributed by atoms with Crippen LogP contribution in [0.25, 0.3) is 0 Å². The molecular formula is C42H68N10O15. The van der Waals surface area contributed by atoms with Crippen molar-refractivity contribution in [1.29, 1.82) is 0 Å². The summed E-state index contributed by atoms with van der Waals surface area (Å²) in [6.07, 6.45) is -0.841. The monoisotopic (exact) mass is 952 g/mol. The number of hydrogen-bond donors (Lipinski definition) is 15. The van der Waals surface area contributed by atoms with Gasteiger partial charge in [-0.2, -0.15) is 0 Å². The van der Waals surface area contributed by atoms with E-state index in [0.29, 0.717) is 5.56 Å². The molecule has 0 radical (unpaired) electrons. The summed E-state index contributed by atoms with van der Waals surface area (Å²) in [7, 11) is 0. The highest BCUT2D eigenvalue weighted by Crippen LogP contribution is 2.13. The van der Waals surface area contributed by atoms with Gasteiger partial charge >= 0.3 is 5.97 Å². The Balaban J connectivity index is 3.10. The molecule has 25 heteroatoms. The number of nitrogens with one attached hydrogen (secondary N) is 8. The van der Waals surface area contributed by atoms with Crippen LogP contribution in [0.4, 0.5) is 0 Å². The van der Waals surface area contributed by atoms with Gasteiger partial charge in [0.15, 0.2) is 0 Å². The Morgan fingerprint density at radius 2 is 0.940 bits per heavy atom. The number of carboxylic acids is 1. The molecule has 9 amide bonds. The number of amides is 9. The molecule has 0 aromatic heterocycles. The van der Waals surface area contributed by atoms with Crippen molar-refractivity contribution in [3.05, 3.63) is 29.8 Å². The van der Waals surface area contributed by atoms with E-state index < -0.39 is 140 Å². The minimum Gasteiger partial charge on any atom is -0.508 e. The number of phenolic OH excluding ortho intramolecular Hbond substituents is 1. The van der Waals surface area contributed by atoms with Crippen molar-refractivity contribution in [2.24, 2.45) is 29.2 Å². The molecule has 8 atom stereocenters. The molecule has 1 rings (SSSR count). The summed E-state index contributed by atoms with van der Waals surface area (Å²) >= 11 is 0. The quantitative estimate of drug-likeness (QED) is 0.0343. The predicted octanol–water partition coefficient (Wildman–Crippen LogP) is -5.15. The van der Waals surface area contributed by atoms with Gasteiger partial charge in [0.25, 0.3) is 0 Å². The van der Waals surface area contributed by atoms with Crippen LogP contribution in [0.2, 0.25) is 0 Å². The van der Waals surface area contributed by atoms with Gasteiger partial charge in [0.2, 0.25) is 53.2 Å². The molecule has 0 unspecified atom stereocenters. The van der Waals surface area contributed by atoms with Crippen LogP contribution in [0, 0.1) is 17.8 Å². The highest BCUT2D eigenvalue weighted by Gasteiger charge is 2.34. The zero-order chi connectivity index (χ0) is 51.1. The van der Waals surface area contributed by atoms with Crippen molar-refractivity contribution in [2.75, 3.05) is 26.4 Å². The SMILES string of the molecule is CC(C)C[C@H](NC(=O)CNC(=O)[C@H](CO)NC(=O)[C@H](CO)NC(=O)[C@H](CCC(N)=O)NC(=O)[C@H](CC(C)C)NC(=O)[C@@H](N)C(C)C)C(=O)N[C@@H](Cc1ccc(O)cc1)C(=O)N[C@@H](CO)C(=O)O. The third-order valence-electron chi connectivity index (χ3n) is 9.89. The van der Waals surface area contributed by atoms with Gasteiger partial charge in [0.1, 0.15) is 48.0 Å². The third-order valence-corrected chi connectivity index (χ3v) is 9.89. The van der Waals surface area contributed by atoms with Crippen molar-refractivity contribution in [2.45, 2.75) is 122 Å². The summed E-state index contributed by atoms with van der Waals surface area (Å²) in [5.74, 6) is -10.7. The lowest BCUT2D eigenvalue weighted by atomic mass is 10.00. The van der Waals surface area contributed by atoms with Crippen LogP contribution in [-0.2, 0) is 54.4 Å². The van der Waals surface area contributed by atoms with Crippen molar-refractivity contribution >= 4 is 59.1 Å². The molecule has 1 aromatic rings. The van der Waals surface area contributed by atoms with Gasteiger partial charge in [0, 0.05) is 12.8 Å². The lowest BCUT2D eigenvalue weighted by Gasteiger charge is -2.27. The maximum atomic E-state index is 13.6. The third kappa shape index (κ3) is 21.6. The fraction of sp³-hybridized carbons (Fsp3) is 0.619. The van der Waals surface area contributed by atoms with E-state index in [0.717, 1.165) is 0 Å². The second-order valence-electron chi connectivity index (χ2n) is 17.0. The van der Waals surface area contributed by atoms with E-state index in [1.165, 1.54) is 24.3 Å². The number of hydrogen-bond acceptors (Lipinski definition) is 15. The van der Waals surface area contributed by atoms with Crippen LogP contribution in [0.5, 0.6) is 5.75 Å². The van der Waals surface area contributed by atoms with Crippen LogP contribution in [0.1, 0.15) is 72.8 Å². The van der Waals surface area contributed by atoms with E-state index in [-0.39, 0.29) is 49.2 Å². The molecule has 1 aromatic carbocycles. The average Bonchev–Trinajstić information content (AvgIpc) is 3.25. The number of primary amides is 1. The van der Waals surface area contributed by atoms with Crippen molar-refractivity contribution < 1.29 is 73.5 Å². The lowest BCUT2D eigenvalue weighted by Crippen LogP contribution is -2.60. The molecule has 0 heterocycles. The van der Waals surface area contributed by atoms with Gasteiger partial charge in [-0.1, -0.05) is 53.7 Å². The number of carbonyl (C=O) groups excluding carboxylic acids is 9. The first kappa shape index (κ1) is 58.6. The fourth-order valence-corrected chi connectivity index (χ4v) is 6.08. The smallest absolute Gasteiger partial charge is 0.328 e. The summed E-state index contributed by atoms with van der Waals surface area (Å²) in [6, 6.07) is -6.13. The van der Waals surface area contributed by atoms with Gasteiger partial charge in [-0.25, -0.2) is 4.79 Å². The first-order valence-electron chi connectivity index (χ1n) is 21.6. The minimum atomic E-state index is -1.80. The van der Waals surface area contributed by atoms with Gasteiger partial charge in [0.05, 0.1) is 32.4 Å². The molecule has 376 valence electrons. The zero-order valence-electron chi connectivity index (χ0n) is 38.5. The minimum absolute atomic E-state index is 0.00616. The predicted molar refractivity (Wildman–Crippen MR) is 237 cm³/mol. The second kappa shape index (κ2) is 29.3. The number of aromatic hydroxyl groups is 1. The zero-order valence-corrected chi connectivity index (χ0v) is 38.5. The molecule has 25 nitrogen and oxygen atoms in total. The number of aliphatic carboxylic acids is 1.